The Morgan fingerprint density at radius 2 is 0.933 bits per heavy atom. The Morgan fingerprint density at radius 3 is 1.31 bits per heavy atom. The first-order valence-electron chi connectivity index (χ1n) is 33.6. The number of hydrogen-bond donors (Lipinski definition) is 2. The number of carbonyl (C=O) groups excluding carboxylic acids is 4. The maximum atomic E-state index is 13.7. The van der Waals surface area contributed by atoms with Gasteiger partial charge in [0.05, 0.1) is 73.3 Å². The Kier molecular flexibility index (Phi) is 54.3. The van der Waals surface area contributed by atoms with Crippen molar-refractivity contribution in [2.24, 2.45) is 9.54 Å². The maximum Gasteiger partial charge on any atom is 2.00 e. The summed E-state index contributed by atoms with van der Waals surface area (Å²) in [5.41, 5.74) is 5.84. The standard InChI is InChI=1S/C21H21ClF2N2O2S.C14H15ClN2O2S.C12H10ClNO3.C10H6ClNO2.C7H4Cl2O.C7H5F2.C5H8NO2.C4H11NOS.CH4.BrH.Mg.2H2S/c1-21(2,3)29(27)26-18(10-13-8-16(23)11-17(24)9-13)19-20(28-12-25-19)14-4-6-15(22)7-5-14;1-14(2,3)20(18)17-8-12-13(19-9-16-12)10-4-6-11(15)7-5-10;1-2-16-12(15)10-11(17-7-14-10)8-3-5-9(13)6-4-8;11-8-3-1-7(2-4-8)10-9(5-13)12-6-14-10;8-6-3-1-5(2-4-6)7(9)10;1-5-2-6(8)4-7(9)3-5;1-3-8-5(7)4-6-2;1-4(2,3)7(5)6;;;;;/h4-9,11-12,18,26H,10H2,1-3H3;4-9H,1-3H3;3-7H,2H2,1H3;1-6H;1-4H;2-4H,1H2;2H,3-4H2,1H3;5H2,1-3H3;1H4;1H;;2*1H2/q;;;;;-1;+1;;;;+2;;/p-1/t18?,29-;20-;;;;;;7-;;;;;/m00.....0...../s1. The van der Waals surface area contributed by atoms with Crippen molar-refractivity contribution in [3.05, 3.63) is 283 Å². The number of esters is 2. The summed E-state index contributed by atoms with van der Waals surface area (Å²) in [7, 11) is -3.95. The molecule has 0 aliphatic carbocycles. The number of ether oxygens (including phenoxy) is 2. The largest absolute Gasteiger partial charge is 2.00 e. The summed E-state index contributed by atoms with van der Waals surface area (Å²) in [6.45, 7) is 28.7. The minimum atomic E-state index is -1.44. The van der Waals surface area contributed by atoms with Crippen LogP contribution in [0, 0.1) is 36.8 Å². The van der Waals surface area contributed by atoms with Gasteiger partial charge in [-0.1, -0.05) is 70.3 Å². The number of halogens is 11. The van der Waals surface area contributed by atoms with Crippen molar-refractivity contribution in [2.45, 2.75) is 110 Å². The Labute approximate surface area is 767 Å². The third-order valence-electron chi connectivity index (χ3n) is 13.8. The molecular formula is C81H88BrCl6F4MgN8O13S5+. The molecule has 11 aromatic rings. The molecule has 4 aromatic heterocycles. The Hall–Kier alpha value is -7.53. The summed E-state index contributed by atoms with van der Waals surface area (Å²) in [5.74, 6) is -1.47. The second-order valence-electron chi connectivity index (χ2n) is 25.8. The van der Waals surface area contributed by atoms with Gasteiger partial charge < -0.3 is 44.1 Å². The summed E-state index contributed by atoms with van der Waals surface area (Å²) in [6.07, 6.45) is 7.40. The normalized spacial score (nSPS) is 11.4. The smallest absolute Gasteiger partial charge is 1.00 e. The molecule has 0 amide bonds. The molecule has 4 atom stereocenters. The van der Waals surface area contributed by atoms with E-state index >= 15 is 0 Å². The quantitative estimate of drug-likeness (QED) is 0.0163. The zero-order valence-electron chi connectivity index (χ0n) is 65.3. The Morgan fingerprint density at radius 1 is 0.571 bits per heavy atom. The topological polar surface area (TPSA) is 297 Å². The van der Waals surface area contributed by atoms with Crippen molar-refractivity contribution in [2.75, 3.05) is 19.8 Å². The third-order valence-corrected chi connectivity index (χ3v) is 19.4. The average Bonchev–Trinajstić information content (AvgIpc) is 1.72. The van der Waals surface area contributed by atoms with Crippen molar-refractivity contribution in [1.82, 2.24) is 24.7 Å². The minimum absolute atomic E-state index is 0. The molecule has 0 saturated carbocycles. The van der Waals surface area contributed by atoms with Gasteiger partial charge in [-0.3, -0.25) is 14.7 Å². The number of rotatable bonds is 17. The van der Waals surface area contributed by atoms with Gasteiger partial charge >= 0.3 is 41.5 Å². The van der Waals surface area contributed by atoms with Gasteiger partial charge in [0, 0.05) is 59.0 Å². The van der Waals surface area contributed by atoms with Crippen molar-refractivity contribution in [3.8, 4) is 51.9 Å². The van der Waals surface area contributed by atoms with E-state index in [1.54, 1.807) is 123 Å². The second kappa shape index (κ2) is 56.9. The fraction of sp³-hybridized carbons (Fsp3) is 0.247. The zero-order chi connectivity index (χ0) is 85.0. The Balaban J connectivity index is 0. The molecule has 7 aromatic carbocycles. The Bertz CT molecular complexity index is 4990. The number of hydrogen-bond acceptors (Lipinski definition) is 17. The van der Waals surface area contributed by atoms with Crippen LogP contribution in [0.25, 0.3) is 50.1 Å². The van der Waals surface area contributed by atoms with Crippen LogP contribution in [0.5, 0.6) is 0 Å². The van der Waals surface area contributed by atoms with Crippen LogP contribution in [0.2, 0.25) is 25.1 Å². The third kappa shape index (κ3) is 41.7. The summed E-state index contributed by atoms with van der Waals surface area (Å²) in [6, 6.07) is 40.5. The van der Waals surface area contributed by atoms with Crippen LogP contribution in [-0.2, 0) is 53.6 Å². The molecule has 0 spiro atoms. The predicted octanol–water partition coefficient (Wildman–Crippen LogP) is 18.7. The summed E-state index contributed by atoms with van der Waals surface area (Å²) < 4.78 is 123. The molecule has 4 heterocycles. The predicted molar refractivity (Wildman–Crippen MR) is 476 cm³/mol. The van der Waals surface area contributed by atoms with Gasteiger partial charge in [0.15, 0.2) is 60.6 Å². The van der Waals surface area contributed by atoms with Gasteiger partial charge in [0.2, 0.25) is 0 Å². The SMILES string of the molecule is C.C#[N+]CC(=O)OCC.CC(C)(C)[S@@](N)=O.CC(C)(C)[S@](=O)N=Cc1ncoc1-c1ccc(Cl)cc1.CC(C)(C)[S@](=O)NC(Cc1cc(F)cc(F)c1)c1ncoc1-c1ccc(Cl)cc1.CCOC(=O)c1ncoc1-c1ccc(Cl)cc1.O=C(Cl)c1ccc(Cl)cc1.O=Cc1ncoc1-c1ccc(Cl)cc1.S.S.[Br-].[CH2-]c1cc(F)cc(F)c1.[Mg+2]. The fourth-order valence-corrected chi connectivity index (χ4v) is 10.3. The van der Waals surface area contributed by atoms with Gasteiger partial charge in [-0.05, 0) is 239 Å². The maximum absolute atomic E-state index is 13.7. The molecule has 38 heteroatoms. The van der Waals surface area contributed by atoms with Crippen LogP contribution < -0.4 is 26.8 Å². The number of benzene rings is 7. The van der Waals surface area contributed by atoms with Crippen LogP contribution in [0.1, 0.15) is 143 Å². The molecule has 0 fully saturated rings. The van der Waals surface area contributed by atoms with Gasteiger partial charge in [-0.15, -0.1) is 12.1 Å². The van der Waals surface area contributed by atoms with Gasteiger partial charge in [-0.2, -0.15) is 43.9 Å². The molecule has 0 aliphatic rings. The van der Waals surface area contributed by atoms with E-state index in [0.717, 1.165) is 34.4 Å². The average molecular weight is 1930 g/mol. The van der Waals surface area contributed by atoms with Crippen molar-refractivity contribution >= 4 is 182 Å². The van der Waals surface area contributed by atoms with E-state index in [1.807, 2.05) is 74.4 Å². The van der Waals surface area contributed by atoms with E-state index in [0.29, 0.717) is 101 Å². The minimum Gasteiger partial charge on any atom is -1.00 e. The van der Waals surface area contributed by atoms with Crippen LogP contribution in [-0.4, -0.2) is 119 Å². The van der Waals surface area contributed by atoms with E-state index in [-0.39, 0.29) is 104 Å². The van der Waals surface area contributed by atoms with Crippen LogP contribution in [0.4, 0.5) is 17.6 Å². The van der Waals surface area contributed by atoms with Gasteiger partial charge in [0.1, 0.15) is 39.7 Å². The van der Waals surface area contributed by atoms with Gasteiger partial charge in [0.25, 0.3) is 11.8 Å². The molecule has 119 heavy (non-hydrogen) atoms. The van der Waals surface area contributed by atoms with E-state index in [9.17, 15) is 49.4 Å². The van der Waals surface area contributed by atoms with Gasteiger partial charge in [-0.25, -0.2) is 64.4 Å². The van der Waals surface area contributed by atoms with Crippen molar-refractivity contribution in [3.63, 3.8) is 0 Å². The number of nitrogens with one attached hydrogen (secondary N) is 1. The summed E-state index contributed by atoms with van der Waals surface area (Å²) in [4.78, 5) is 62.0. The summed E-state index contributed by atoms with van der Waals surface area (Å²) in [5, 5.41) is 7.66. The van der Waals surface area contributed by atoms with E-state index in [1.165, 1.54) is 56.1 Å². The zero-order valence-corrected chi connectivity index (χ0v) is 77.3. The van der Waals surface area contributed by atoms with Crippen molar-refractivity contribution < 1.29 is 93.5 Å². The molecule has 0 saturated heterocycles. The second-order valence-corrected chi connectivity index (χ2v) is 34.1. The molecule has 11 rings (SSSR count). The first-order chi connectivity index (χ1) is 53.7. The number of aromatic nitrogens is 4. The van der Waals surface area contributed by atoms with Crippen molar-refractivity contribution in [1.29, 1.82) is 0 Å². The number of aldehydes is 1. The molecule has 21 nitrogen and oxygen atoms in total. The van der Waals surface area contributed by atoms with Crippen LogP contribution >= 0.6 is 96.6 Å². The monoisotopic (exact) mass is 1930 g/mol. The fourth-order valence-electron chi connectivity index (χ4n) is 8.23. The molecule has 0 bridgehead atoms. The summed E-state index contributed by atoms with van der Waals surface area (Å²) >= 11 is 34.1. The first kappa shape index (κ1) is 114. The molecule has 1 unspecified atom stereocenters. The first-order valence-corrected chi connectivity index (χ1v) is 39.3. The number of carbonyl (C=O) groups is 4. The molecular weight excluding hydrogens is 1850 g/mol. The van der Waals surface area contributed by atoms with Crippen LogP contribution in [0.3, 0.4) is 0 Å². The van der Waals surface area contributed by atoms with E-state index < -0.39 is 83.0 Å². The van der Waals surface area contributed by atoms with Crippen LogP contribution in [0.15, 0.2) is 205 Å². The number of oxazole rings is 4. The molecule has 638 valence electrons. The molecule has 0 radical (unpaired) electrons. The van der Waals surface area contributed by atoms with E-state index in [4.69, 9.17) is 97.2 Å². The van der Waals surface area contributed by atoms with E-state index in [2.05, 4.69) is 52.1 Å². The number of nitrogens with two attached hydrogens (primary N) is 1. The molecule has 3 N–H and O–H groups in total. The number of nitrogens with zero attached hydrogens (tertiary/aromatic N) is 6. The molecule has 0 aliphatic heterocycles.